The molecular weight excluding hydrogens is 258 g/mol. The second-order valence-electron chi connectivity index (χ2n) is 7.08. The molecule has 0 aliphatic heterocycles. The molecule has 1 aromatic heterocycles. The SMILES string of the molecule is CC(C)(C)c1nc(Cl)cc(NC2CC3CCC2C3)n1. The Hall–Kier alpha value is -0.830. The second-order valence-corrected chi connectivity index (χ2v) is 7.46. The summed E-state index contributed by atoms with van der Waals surface area (Å²) in [5.41, 5.74) is -0.0734. The largest absolute Gasteiger partial charge is 0.367 e. The van der Waals surface area contributed by atoms with Crippen LogP contribution in [0.1, 0.15) is 52.3 Å². The van der Waals surface area contributed by atoms with Crippen LogP contribution in [-0.4, -0.2) is 16.0 Å². The third-order valence-electron chi connectivity index (χ3n) is 4.44. The summed E-state index contributed by atoms with van der Waals surface area (Å²) in [4.78, 5) is 8.99. The van der Waals surface area contributed by atoms with E-state index in [4.69, 9.17) is 11.6 Å². The van der Waals surface area contributed by atoms with E-state index in [1.165, 1.54) is 25.7 Å². The minimum absolute atomic E-state index is 0.0734. The van der Waals surface area contributed by atoms with Crippen molar-refractivity contribution in [1.82, 2.24) is 9.97 Å². The summed E-state index contributed by atoms with van der Waals surface area (Å²) in [7, 11) is 0. The van der Waals surface area contributed by atoms with E-state index in [1.54, 1.807) is 0 Å². The van der Waals surface area contributed by atoms with Gasteiger partial charge in [0, 0.05) is 17.5 Å². The Kier molecular flexibility index (Phi) is 3.20. The highest BCUT2D eigenvalue weighted by Crippen LogP contribution is 2.45. The van der Waals surface area contributed by atoms with Crippen LogP contribution in [0, 0.1) is 11.8 Å². The zero-order valence-electron chi connectivity index (χ0n) is 11.9. The summed E-state index contributed by atoms with van der Waals surface area (Å²) in [6.07, 6.45) is 5.47. The summed E-state index contributed by atoms with van der Waals surface area (Å²) in [5.74, 6) is 3.46. The van der Waals surface area contributed by atoms with E-state index >= 15 is 0 Å². The van der Waals surface area contributed by atoms with Crippen molar-refractivity contribution in [2.24, 2.45) is 11.8 Å². The zero-order chi connectivity index (χ0) is 13.6. The molecular formula is C15H22ClN3. The Labute approximate surface area is 120 Å². The monoisotopic (exact) mass is 279 g/mol. The van der Waals surface area contributed by atoms with Crippen LogP contribution in [0.5, 0.6) is 0 Å². The van der Waals surface area contributed by atoms with E-state index < -0.39 is 0 Å². The van der Waals surface area contributed by atoms with Gasteiger partial charge >= 0.3 is 0 Å². The number of nitrogens with one attached hydrogen (secondary N) is 1. The van der Waals surface area contributed by atoms with E-state index in [2.05, 4.69) is 36.1 Å². The molecule has 3 nitrogen and oxygen atoms in total. The zero-order valence-corrected chi connectivity index (χ0v) is 12.7. The lowest BCUT2D eigenvalue weighted by Crippen LogP contribution is -2.27. The Bertz CT molecular complexity index is 481. The van der Waals surface area contributed by atoms with E-state index in [0.717, 1.165) is 23.5 Å². The molecule has 1 aromatic rings. The van der Waals surface area contributed by atoms with Gasteiger partial charge in [-0.25, -0.2) is 9.97 Å². The van der Waals surface area contributed by atoms with Crippen LogP contribution >= 0.6 is 11.6 Å². The summed E-state index contributed by atoms with van der Waals surface area (Å²) in [6.45, 7) is 6.33. The third kappa shape index (κ3) is 2.71. The fourth-order valence-electron chi connectivity index (χ4n) is 3.44. The quantitative estimate of drug-likeness (QED) is 0.831. The topological polar surface area (TPSA) is 37.8 Å². The average Bonchev–Trinajstić information content (AvgIpc) is 2.88. The van der Waals surface area contributed by atoms with E-state index in [9.17, 15) is 0 Å². The first-order valence-electron chi connectivity index (χ1n) is 7.23. The number of halogens is 1. The summed E-state index contributed by atoms with van der Waals surface area (Å²) in [6, 6.07) is 2.43. The molecule has 0 saturated heterocycles. The van der Waals surface area contributed by atoms with E-state index in [-0.39, 0.29) is 5.41 Å². The fraction of sp³-hybridized carbons (Fsp3) is 0.733. The van der Waals surface area contributed by atoms with Gasteiger partial charge in [-0.05, 0) is 31.1 Å². The van der Waals surface area contributed by atoms with Crippen molar-refractivity contribution in [3.05, 3.63) is 17.0 Å². The number of nitrogens with zero attached hydrogens (tertiary/aromatic N) is 2. The maximum atomic E-state index is 6.13. The lowest BCUT2D eigenvalue weighted by atomic mass is 9.95. The molecule has 4 heteroatoms. The Morgan fingerprint density at radius 3 is 2.58 bits per heavy atom. The minimum atomic E-state index is -0.0734. The number of anilines is 1. The van der Waals surface area contributed by atoms with Crippen molar-refractivity contribution in [2.45, 2.75) is 57.9 Å². The minimum Gasteiger partial charge on any atom is -0.367 e. The fourth-order valence-corrected chi connectivity index (χ4v) is 3.62. The molecule has 104 valence electrons. The number of aromatic nitrogens is 2. The van der Waals surface area contributed by atoms with Crippen molar-refractivity contribution >= 4 is 17.4 Å². The summed E-state index contributed by atoms with van der Waals surface area (Å²) >= 11 is 6.13. The van der Waals surface area contributed by atoms with Gasteiger partial charge in [-0.2, -0.15) is 0 Å². The van der Waals surface area contributed by atoms with Gasteiger partial charge in [0.15, 0.2) is 0 Å². The van der Waals surface area contributed by atoms with Crippen LogP contribution in [-0.2, 0) is 5.41 Å². The summed E-state index contributed by atoms with van der Waals surface area (Å²) < 4.78 is 0. The normalized spacial score (nSPS) is 29.8. The maximum absolute atomic E-state index is 6.13. The molecule has 3 unspecified atom stereocenters. The molecule has 3 rings (SSSR count). The van der Waals surface area contributed by atoms with Crippen molar-refractivity contribution in [3.63, 3.8) is 0 Å². The highest BCUT2D eigenvalue weighted by atomic mass is 35.5. The predicted octanol–water partition coefficient (Wildman–Crippen LogP) is 4.03. The van der Waals surface area contributed by atoms with Gasteiger partial charge in [-0.15, -0.1) is 0 Å². The standard InChI is InChI=1S/C15H22ClN3/c1-15(2,3)14-18-12(16)8-13(19-14)17-11-7-9-4-5-10(11)6-9/h8-11H,4-7H2,1-3H3,(H,17,18,19). The van der Waals surface area contributed by atoms with Crippen molar-refractivity contribution in [2.75, 3.05) is 5.32 Å². The van der Waals surface area contributed by atoms with Gasteiger partial charge < -0.3 is 5.32 Å². The summed E-state index contributed by atoms with van der Waals surface area (Å²) in [5, 5.41) is 4.12. The molecule has 2 fully saturated rings. The van der Waals surface area contributed by atoms with Gasteiger partial charge in [0.1, 0.15) is 16.8 Å². The van der Waals surface area contributed by atoms with Gasteiger partial charge in [-0.1, -0.05) is 38.8 Å². The first-order chi connectivity index (χ1) is 8.91. The molecule has 2 saturated carbocycles. The molecule has 0 aromatic carbocycles. The van der Waals surface area contributed by atoms with Gasteiger partial charge in [0.25, 0.3) is 0 Å². The molecule has 3 atom stereocenters. The van der Waals surface area contributed by atoms with Crippen LogP contribution in [0.4, 0.5) is 5.82 Å². The highest BCUT2D eigenvalue weighted by Gasteiger charge is 2.39. The van der Waals surface area contributed by atoms with Crippen LogP contribution in [0.25, 0.3) is 0 Å². The Balaban J connectivity index is 1.79. The second kappa shape index (κ2) is 4.62. The highest BCUT2D eigenvalue weighted by molar-refractivity contribution is 6.29. The lowest BCUT2D eigenvalue weighted by molar-refractivity contribution is 0.438. The van der Waals surface area contributed by atoms with Crippen molar-refractivity contribution in [3.8, 4) is 0 Å². The van der Waals surface area contributed by atoms with Crippen molar-refractivity contribution < 1.29 is 0 Å². The van der Waals surface area contributed by atoms with E-state index in [1.807, 2.05) is 6.07 Å². The number of hydrogen-bond acceptors (Lipinski definition) is 3. The van der Waals surface area contributed by atoms with E-state index in [0.29, 0.717) is 11.2 Å². The molecule has 19 heavy (non-hydrogen) atoms. The smallest absolute Gasteiger partial charge is 0.137 e. The van der Waals surface area contributed by atoms with Crippen LogP contribution in [0.15, 0.2) is 6.07 Å². The molecule has 0 radical (unpaired) electrons. The predicted molar refractivity (Wildman–Crippen MR) is 78.6 cm³/mol. The van der Waals surface area contributed by atoms with Crippen LogP contribution in [0.3, 0.4) is 0 Å². The molecule has 2 aliphatic rings. The van der Waals surface area contributed by atoms with Gasteiger partial charge in [0.2, 0.25) is 0 Å². The third-order valence-corrected chi connectivity index (χ3v) is 4.63. The molecule has 1 N–H and O–H groups in total. The molecule has 2 aliphatic carbocycles. The number of hydrogen-bond donors (Lipinski definition) is 1. The molecule has 0 amide bonds. The molecule has 0 spiro atoms. The van der Waals surface area contributed by atoms with Crippen molar-refractivity contribution in [1.29, 1.82) is 0 Å². The van der Waals surface area contributed by atoms with Gasteiger partial charge in [0.05, 0.1) is 0 Å². The maximum Gasteiger partial charge on any atom is 0.137 e. The van der Waals surface area contributed by atoms with Crippen LogP contribution in [0.2, 0.25) is 5.15 Å². The number of fused-ring (bicyclic) bond motifs is 2. The lowest BCUT2D eigenvalue weighted by Gasteiger charge is -2.24. The molecule has 2 bridgehead atoms. The average molecular weight is 280 g/mol. The van der Waals surface area contributed by atoms with Crippen LogP contribution < -0.4 is 5.32 Å². The molecule has 1 heterocycles. The van der Waals surface area contributed by atoms with Gasteiger partial charge in [-0.3, -0.25) is 0 Å². The Morgan fingerprint density at radius 2 is 2.00 bits per heavy atom. The number of rotatable bonds is 2. The Morgan fingerprint density at radius 1 is 1.21 bits per heavy atom. The first kappa shape index (κ1) is 13.2. The first-order valence-corrected chi connectivity index (χ1v) is 7.61.